The highest BCUT2D eigenvalue weighted by atomic mass is 35.5. The topological polar surface area (TPSA) is 38.5 Å². The summed E-state index contributed by atoms with van der Waals surface area (Å²) in [5.41, 5.74) is 6.01. The number of nitrogens with zero attached hydrogens (tertiary/aromatic N) is 1. The summed E-state index contributed by atoms with van der Waals surface area (Å²) in [7, 11) is 0. The van der Waals surface area contributed by atoms with Crippen molar-refractivity contribution in [2.45, 2.75) is 51.1 Å². The fourth-order valence-electron chi connectivity index (χ4n) is 3.07. The molecule has 0 heterocycles. The van der Waals surface area contributed by atoms with Gasteiger partial charge in [-0.1, -0.05) is 24.6 Å². The molecular formula is C17H27ClN2O. The predicted molar refractivity (Wildman–Crippen MR) is 89.0 cm³/mol. The fraction of sp³-hybridized carbons (Fsp3) is 0.647. The fourth-order valence-corrected chi connectivity index (χ4v) is 3.25. The molecule has 0 unspecified atom stereocenters. The molecule has 1 aromatic carbocycles. The van der Waals surface area contributed by atoms with Crippen LogP contribution in [0.25, 0.3) is 0 Å². The van der Waals surface area contributed by atoms with E-state index in [-0.39, 0.29) is 0 Å². The lowest BCUT2D eigenvalue weighted by Crippen LogP contribution is -2.43. The third-order valence-corrected chi connectivity index (χ3v) is 4.45. The van der Waals surface area contributed by atoms with E-state index in [2.05, 4.69) is 11.8 Å². The summed E-state index contributed by atoms with van der Waals surface area (Å²) < 4.78 is 5.82. The van der Waals surface area contributed by atoms with Gasteiger partial charge in [0.25, 0.3) is 0 Å². The van der Waals surface area contributed by atoms with Crippen molar-refractivity contribution in [2.24, 2.45) is 5.73 Å². The summed E-state index contributed by atoms with van der Waals surface area (Å²) in [6, 6.07) is 8.69. The Kier molecular flexibility index (Phi) is 6.81. The van der Waals surface area contributed by atoms with Crippen molar-refractivity contribution in [1.29, 1.82) is 0 Å². The van der Waals surface area contributed by atoms with Gasteiger partial charge in [-0.2, -0.15) is 0 Å². The summed E-state index contributed by atoms with van der Waals surface area (Å²) in [4.78, 5) is 2.57. The van der Waals surface area contributed by atoms with E-state index in [1.807, 2.05) is 24.3 Å². The summed E-state index contributed by atoms with van der Waals surface area (Å²) in [5, 5.41) is 0.721. The summed E-state index contributed by atoms with van der Waals surface area (Å²) in [6.07, 6.45) is 5.93. The van der Waals surface area contributed by atoms with E-state index in [0.717, 1.165) is 36.7 Å². The number of nitrogens with two attached hydrogens (primary N) is 1. The second kappa shape index (κ2) is 8.62. The predicted octanol–water partition coefficient (Wildman–Crippen LogP) is 3.70. The molecule has 1 aromatic rings. The zero-order chi connectivity index (χ0) is 15.1. The van der Waals surface area contributed by atoms with E-state index in [9.17, 15) is 0 Å². The van der Waals surface area contributed by atoms with Crippen LogP contribution in [-0.2, 0) is 0 Å². The van der Waals surface area contributed by atoms with Gasteiger partial charge in [0.1, 0.15) is 12.4 Å². The Morgan fingerprint density at radius 3 is 2.67 bits per heavy atom. The van der Waals surface area contributed by atoms with Crippen LogP contribution in [-0.4, -0.2) is 36.7 Å². The molecule has 1 aliphatic rings. The first-order chi connectivity index (χ1) is 10.2. The highest BCUT2D eigenvalue weighted by molar-refractivity contribution is 6.30. The monoisotopic (exact) mass is 310 g/mol. The molecule has 1 fully saturated rings. The Morgan fingerprint density at radius 1 is 1.24 bits per heavy atom. The number of rotatable bonds is 7. The van der Waals surface area contributed by atoms with E-state index in [1.54, 1.807) is 0 Å². The first-order valence-electron chi connectivity index (χ1n) is 8.07. The molecule has 4 heteroatoms. The Labute approximate surface area is 133 Å². The highest BCUT2D eigenvalue weighted by Gasteiger charge is 2.23. The molecular weight excluding hydrogens is 284 g/mol. The molecule has 1 aliphatic carbocycles. The Hall–Kier alpha value is -0.770. The third-order valence-electron chi connectivity index (χ3n) is 4.21. The van der Waals surface area contributed by atoms with Gasteiger partial charge in [-0.05, 0) is 56.8 Å². The van der Waals surface area contributed by atoms with Crippen molar-refractivity contribution in [1.82, 2.24) is 4.90 Å². The second-order valence-electron chi connectivity index (χ2n) is 5.91. The second-order valence-corrected chi connectivity index (χ2v) is 6.35. The third kappa shape index (κ3) is 5.50. The quantitative estimate of drug-likeness (QED) is 0.834. The summed E-state index contributed by atoms with van der Waals surface area (Å²) in [5.74, 6) is 0.851. The standard InChI is InChI=1S/C17H27ClN2O/c1-2-10-20(16-8-6-15(19)7-9-16)11-12-21-17-5-3-4-14(18)13-17/h3-5,13,15-16H,2,6-12,19H2,1H3. The Bertz CT molecular complexity index is 419. The molecule has 0 aliphatic heterocycles. The van der Waals surface area contributed by atoms with Crippen molar-refractivity contribution < 1.29 is 4.74 Å². The van der Waals surface area contributed by atoms with Gasteiger partial charge >= 0.3 is 0 Å². The maximum Gasteiger partial charge on any atom is 0.120 e. The lowest BCUT2D eigenvalue weighted by molar-refractivity contribution is 0.126. The molecule has 0 saturated heterocycles. The van der Waals surface area contributed by atoms with Crippen molar-refractivity contribution in [3.05, 3.63) is 29.3 Å². The maximum absolute atomic E-state index is 6.01. The largest absolute Gasteiger partial charge is 0.492 e. The van der Waals surface area contributed by atoms with Gasteiger partial charge in [-0.15, -0.1) is 0 Å². The average molecular weight is 311 g/mol. The van der Waals surface area contributed by atoms with E-state index >= 15 is 0 Å². The number of halogens is 1. The zero-order valence-corrected chi connectivity index (χ0v) is 13.7. The number of benzene rings is 1. The maximum atomic E-state index is 6.01. The molecule has 3 nitrogen and oxygen atoms in total. The average Bonchev–Trinajstić information content (AvgIpc) is 2.47. The van der Waals surface area contributed by atoms with Gasteiger partial charge < -0.3 is 10.5 Å². The van der Waals surface area contributed by atoms with Crippen LogP contribution in [0.2, 0.25) is 5.02 Å². The first-order valence-corrected chi connectivity index (χ1v) is 8.45. The van der Waals surface area contributed by atoms with Crippen LogP contribution in [0.1, 0.15) is 39.0 Å². The number of hydrogen-bond donors (Lipinski definition) is 1. The molecule has 0 radical (unpaired) electrons. The van der Waals surface area contributed by atoms with Crippen LogP contribution >= 0.6 is 11.6 Å². The van der Waals surface area contributed by atoms with Crippen LogP contribution in [0.3, 0.4) is 0 Å². The molecule has 0 amide bonds. The number of ether oxygens (including phenoxy) is 1. The smallest absolute Gasteiger partial charge is 0.120 e. The van der Waals surface area contributed by atoms with Gasteiger partial charge in [-0.25, -0.2) is 0 Å². The SMILES string of the molecule is CCCN(CCOc1cccc(Cl)c1)C1CCC(N)CC1. The van der Waals surface area contributed by atoms with Gasteiger partial charge in [0.2, 0.25) is 0 Å². The van der Waals surface area contributed by atoms with Crippen molar-refractivity contribution in [3.8, 4) is 5.75 Å². The van der Waals surface area contributed by atoms with E-state index in [1.165, 1.54) is 19.3 Å². The molecule has 2 rings (SSSR count). The molecule has 1 saturated carbocycles. The van der Waals surface area contributed by atoms with E-state index in [0.29, 0.717) is 18.7 Å². The zero-order valence-electron chi connectivity index (χ0n) is 12.9. The van der Waals surface area contributed by atoms with Crippen molar-refractivity contribution in [3.63, 3.8) is 0 Å². The summed E-state index contributed by atoms with van der Waals surface area (Å²) >= 11 is 5.97. The minimum absolute atomic E-state index is 0.410. The van der Waals surface area contributed by atoms with Gasteiger partial charge in [0.05, 0.1) is 0 Å². The first kappa shape index (κ1) is 16.6. The summed E-state index contributed by atoms with van der Waals surface area (Å²) in [6.45, 7) is 5.06. The molecule has 0 aromatic heterocycles. The Balaban J connectivity index is 1.79. The van der Waals surface area contributed by atoms with Crippen LogP contribution in [0, 0.1) is 0 Å². The number of hydrogen-bond acceptors (Lipinski definition) is 3. The van der Waals surface area contributed by atoms with Gasteiger partial charge in [-0.3, -0.25) is 4.90 Å². The van der Waals surface area contributed by atoms with Gasteiger partial charge in [0, 0.05) is 23.7 Å². The van der Waals surface area contributed by atoms with Crippen molar-refractivity contribution >= 4 is 11.6 Å². The van der Waals surface area contributed by atoms with Crippen LogP contribution in [0.5, 0.6) is 5.75 Å². The normalized spacial score (nSPS) is 22.5. The Morgan fingerprint density at radius 2 is 2.00 bits per heavy atom. The minimum Gasteiger partial charge on any atom is -0.492 e. The lowest BCUT2D eigenvalue weighted by atomic mass is 9.90. The van der Waals surface area contributed by atoms with Crippen LogP contribution in [0.4, 0.5) is 0 Å². The molecule has 2 N–H and O–H groups in total. The van der Waals surface area contributed by atoms with Crippen LogP contribution < -0.4 is 10.5 Å². The highest BCUT2D eigenvalue weighted by Crippen LogP contribution is 2.22. The molecule has 0 bridgehead atoms. The van der Waals surface area contributed by atoms with Gasteiger partial charge in [0.15, 0.2) is 0 Å². The van der Waals surface area contributed by atoms with Crippen molar-refractivity contribution in [2.75, 3.05) is 19.7 Å². The molecule has 0 atom stereocenters. The molecule has 21 heavy (non-hydrogen) atoms. The minimum atomic E-state index is 0.410. The molecule has 0 spiro atoms. The van der Waals surface area contributed by atoms with Crippen LogP contribution in [0.15, 0.2) is 24.3 Å². The van der Waals surface area contributed by atoms with E-state index < -0.39 is 0 Å². The molecule has 118 valence electrons. The lowest BCUT2D eigenvalue weighted by Gasteiger charge is -2.35. The van der Waals surface area contributed by atoms with E-state index in [4.69, 9.17) is 22.1 Å².